The van der Waals surface area contributed by atoms with Gasteiger partial charge >= 0.3 is 0 Å². The number of likely N-dealkylation sites (tertiary alicyclic amines) is 1. The summed E-state index contributed by atoms with van der Waals surface area (Å²) in [6.07, 6.45) is 3.20. The second-order valence-corrected chi connectivity index (χ2v) is 7.78. The van der Waals surface area contributed by atoms with Gasteiger partial charge in [-0.2, -0.15) is 0 Å². The molecule has 1 saturated heterocycles. The van der Waals surface area contributed by atoms with Crippen LogP contribution in [-0.4, -0.2) is 64.7 Å². The van der Waals surface area contributed by atoms with E-state index in [1.54, 1.807) is 13.1 Å². The van der Waals surface area contributed by atoms with Crippen LogP contribution in [-0.2, 0) is 25.6 Å². The topological polar surface area (TPSA) is 163 Å². The summed E-state index contributed by atoms with van der Waals surface area (Å²) in [4.78, 5) is 53.4. The molecule has 10 heteroatoms. The van der Waals surface area contributed by atoms with Crippen molar-refractivity contribution in [3.8, 4) is 0 Å². The van der Waals surface area contributed by atoms with Crippen molar-refractivity contribution in [3.63, 3.8) is 0 Å². The van der Waals surface area contributed by atoms with E-state index in [-0.39, 0.29) is 18.9 Å². The summed E-state index contributed by atoms with van der Waals surface area (Å²) in [5.74, 6) is -1.93. The number of para-hydroxylation sites is 1. The lowest BCUT2D eigenvalue weighted by Gasteiger charge is -2.25. The quantitative estimate of drug-likeness (QED) is 0.369. The number of amides is 4. The number of benzene rings is 1. The van der Waals surface area contributed by atoms with Gasteiger partial charge in [-0.1, -0.05) is 18.2 Å². The van der Waals surface area contributed by atoms with Crippen LogP contribution in [0.5, 0.6) is 0 Å². The first-order valence-electron chi connectivity index (χ1n) is 10.3. The highest BCUT2D eigenvalue weighted by molar-refractivity contribution is 5.93. The first-order valence-corrected chi connectivity index (χ1v) is 10.3. The molecule has 3 unspecified atom stereocenters. The highest BCUT2D eigenvalue weighted by Gasteiger charge is 2.35. The molecule has 166 valence electrons. The van der Waals surface area contributed by atoms with Crippen molar-refractivity contribution in [2.45, 2.75) is 44.3 Å². The largest absolute Gasteiger partial charge is 0.368 e. The van der Waals surface area contributed by atoms with Crippen LogP contribution in [0.15, 0.2) is 30.5 Å². The van der Waals surface area contributed by atoms with Gasteiger partial charge in [0.25, 0.3) is 0 Å². The Hall–Kier alpha value is -3.40. The van der Waals surface area contributed by atoms with E-state index >= 15 is 0 Å². The van der Waals surface area contributed by atoms with Crippen molar-refractivity contribution in [1.82, 2.24) is 20.5 Å². The molecule has 1 aromatic heterocycles. The summed E-state index contributed by atoms with van der Waals surface area (Å²) >= 11 is 0. The zero-order valence-electron chi connectivity index (χ0n) is 17.4. The zero-order chi connectivity index (χ0) is 22.5. The number of carbonyl (C=O) groups is 4. The molecule has 1 aliphatic heterocycles. The molecule has 0 radical (unpaired) electrons. The predicted octanol–water partition coefficient (Wildman–Crippen LogP) is -0.865. The molecule has 2 aromatic rings. The van der Waals surface area contributed by atoms with Gasteiger partial charge in [-0.05, 0) is 31.4 Å². The van der Waals surface area contributed by atoms with Gasteiger partial charge in [0.15, 0.2) is 0 Å². The lowest BCUT2D eigenvalue weighted by molar-refractivity contribution is -0.139. The van der Waals surface area contributed by atoms with Crippen molar-refractivity contribution >= 4 is 34.5 Å². The van der Waals surface area contributed by atoms with Crippen LogP contribution in [0, 0.1) is 0 Å². The Kier molecular flexibility index (Phi) is 6.91. The number of H-pyrrole nitrogens is 1. The fraction of sp³-hybridized carbons (Fsp3) is 0.429. The monoisotopic (exact) mass is 428 g/mol. The average Bonchev–Trinajstić information content (AvgIpc) is 3.38. The number of rotatable bonds is 8. The molecule has 10 nitrogen and oxygen atoms in total. The Morgan fingerprint density at radius 1 is 1.26 bits per heavy atom. The molecule has 7 N–H and O–H groups in total. The summed E-state index contributed by atoms with van der Waals surface area (Å²) in [5.41, 5.74) is 12.9. The molecule has 1 fully saturated rings. The van der Waals surface area contributed by atoms with E-state index in [2.05, 4.69) is 15.6 Å². The molecule has 3 rings (SSSR count). The van der Waals surface area contributed by atoms with Gasteiger partial charge in [-0.15, -0.1) is 0 Å². The van der Waals surface area contributed by atoms with E-state index in [9.17, 15) is 19.2 Å². The number of carbonyl (C=O) groups excluding carboxylic acids is 4. The normalized spacial score (nSPS) is 17.9. The SMILES string of the molecule is CC(N)C(=O)N1CCCC1C(=O)NCC(=O)NC(Cc1c[nH]c2ccccc12)C(N)=O. The minimum atomic E-state index is -0.925. The molecule has 0 bridgehead atoms. The van der Waals surface area contributed by atoms with E-state index in [1.165, 1.54) is 4.90 Å². The third-order valence-corrected chi connectivity index (χ3v) is 5.43. The maximum Gasteiger partial charge on any atom is 0.243 e. The van der Waals surface area contributed by atoms with Crippen LogP contribution in [0.4, 0.5) is 0 Å². The van der Waals surface area contributed by atoms with Crippen LogP contribution < -0.4 is 22.1 Å². The number of aromatic amines is 1. The minimum absolute atomic E-state index is 0.221. The van der Waals surface area contributed by atoms with E-state index in [0.29, 0.717) is 19.4 Å². The molecular weight excluding hydrogens is 400 g/mol. The van der Waals surface area contributed by atoms with Gasteiger partial charge in [0, 0.05) is 30.1 Å². The second kappa shape index (κ2) is 9.61. The molecular formula is C21H28N6O4. The third-order valence-electron chi connectivity index (χ3n) is 5.43. The maximum atomic E-state index is 12.5. The molecule has 31 heavy (non-hydrogen) atoms. The van der Waals surface area contributed by atoms with Gasteiger partial charge in [0.05, 0.1) is 12.6 Å². The molecule has 3 atom stereocenters. The van der Waals surface area contributed by atoms with Gasteiger partial charge in [-0.25, -0.2) is 0 Å². The average molecular weight is 428 g/mol. The van der Waals surface area contributed by atoms with Crippen molar-refractivity contribution in [3.05, 3.63) is 36.0 Å². The number of hydrogen-bond donors (Lipinski definition) is 5. The first-order chi connectivity index (χ1) is 14.8. The van der Waals surface area contributed by atoms with Crippen LogP contribution in [0.3, 0.4) is 0 Å². The summed E-state index contributed by atoms with van der Waals surface area (Å²) in [7, 11) is 0. The fourth-order valence-corrected chi connectivity index (χ4v) is 3.84. The van der Waals surface area contributed by atoms with Crippen molar-refractivity contribution < 1.29 is 19.2 Å². The van der Waals surface area contributed by atoms with Gasteiger partial charge in [0.1, 0.15) is 12.1 Å². The highest BCUT2D eigenvalue weighted by atomic mass is 16.2. The smallest absolute Gasteiger partial charge is 0.243 e. The highest BCUT2D eigenvalue weighted by Crippen LogP contribution is 2.19. The Labute approximate surface area is 179 Å². The number of nitrogens with zero attached hydrogens (tertiary/aromatic N) is 1. The standard InChI is InChI=1S/C21H28N6O4/c1-12(22)21(31)27-8-4-7-17(27)20(30)25-11-18(28)26-16(19(23)29)9-13-10-24-15-6-3-2-5-14(13)15/h2-3,5-6,10,12,16-17,24H,4,7-9,11,22H2,1H3,(H2,23,29)(H,25,30)(H,26,28). The number of fused-ring (bicyclic) bond motifs is 1. The Morgan fingerprint density at radius 3 is 2.71 bits per heavy atom. The van der Waals surface area contributed by atoms with E-state index in [1.807, 2.05) is 24.3 Å². The van der Waals surface area contributed by atoms with Crippen molar-refractivity contribution in [2.75, 3.05) is 13.1 Å². The number of primary amides is 1. The predicted molar refractivity (Wildman–Crippen MR) is 115 cm³/mol. The lowest BCUT2D eigenvalue weighted by Crippen LogP contribution is -2.53. The van der Waals surface area contributed by atoms with Crippen molar-refractivity contribution in [1.29, 1.82) is 0 Å². The maximum absolute atomic E-state index is 12.5. The summed E-state index contributed by atoms with van der Waals surface area (Å²) in [5, 5.41) is 6.05. The molecule has 0 saturated carbocycles. The summed E-state index contributed by atoms with van der Waals surface area (Å²) in [6, 6.07) is 5.34. The fourth-order valence-electron chi connectivity index (χ4n) is 3.84. The van der Waals surface area contributed by atoms with Gasteiger partial charge in [-0.3, -0.25) is 19.2 Å². The molecule has 0 aliphatic carbocycles. The summed E-state index contributed by atoms with van der Waals surface area (Å²) in [6.45, 7) is 1.70. The Morgan fingerprint density at radius 2 is 2.00 bits per heavy atom. The van der Waals surface area contributed by atoms with Crippen LogP contribution in [0.25, 0.3) is 10.9 Å². The second-order valence-electron chi connectivity index (χ2n) is 7.78. The van der Waals surface area contributed by atoms with E-state index in [0.717, 1.165) is 16.5 Å². The third kappa shape index (κ3) is 5.21. The Balaban J connectivity index is 1.56. The molecule has 2 heterocycles. The van der Waals surface area contributed by atoms with Crippen LogP contribution in [0.2, 0.25) is 0 Å². The number of nitrogens with one attached hydrogen (secondary N) is 3. The van der Waals surface area contributed by atoms with Crippen LogP contribution >= 0.6 is 0 Å². The van der Waals surface area contributed by atoms with Gasteiger partial charge in [0.2, 0.25) is 23.6 Å². The van der Waals surface area contributed by atoms with Crippen molar-refractivity contribution in [2.24, 2.45) is 11.5 Å². The van der Waals surface area contributed by atoms with Gasteiger partial charge < -0.3 is 32.0 Å². The minimum Gasteiger partial charge on any atom is -0.368 e. The zero-order valence-corrected chi connectivity index (χ0v) is 17.4. The van der Waals surface area contributed by atoms with Crippen LogP contribution in [0.1, 0.15) is 25.3 Å². The Bertz CT molecular complexity index is 985. The number of aromatic nitrogens is 1. The lowest BCUT2D eigenvalue weighted by atomic mass is 10.0. The number of hydrogen-bond acceptors (Lipinski definition) is 5. The van der Waals surface area contributed by atoms with E-state index < -0.39 is 35.8 Å². The molecule has 4 amide bonds. The molecule has 1 aromatic carbocycles. The molecule has 0 spiro atoms. The first kappa shape index (κ1) is 22.3. The summed E-state index contributed by atoms with van der Waals surface area (Å²) < 4.78 is 0. The molecule has 1 aliphatic rings. The van der Waals surface area contributed by atoms with E-state index in [4.69, 9.17) is 11.5 Å². The number of nitrogens with two attached hydrogens (primary N) is 2.